The summed E-state index contributed by atoms with van der Waals surface area (Å²) in [6.45, 7) is 1.76. The first-order valence-corrected chi connectivity index (χ1v) is 6.35. The molecule has 94 valence electrons. The SMILES string of the molecule is Cc1ccc(SCC(=O)NCC(O)CO)cc1. The summed E-state index contributed by atoms with van der Waals surface area (Å²) in [6, 6.07) is 7.93. The van der Waals surface area contributed by atoms with E-state index < -0.39 is 6.10 Å². The van der Waals surface area contributed by atoms with Crippen molar-refractivity contribution in [3.05, 3.63) is 29.8 Å². The molecule has 0 aliphatic heterocycles. The molecule has 1 unspecified atom stereocenters. The smallest absolute Gasteiger partial charge is 0.230 e. The van der Waals surface area contributed by atoms with Crippen molar-refractivity contribution in [1.29, 1.82) is 0 Å². The van der Waals surface area contributed by atoms with Crippen LogP contribution in [0.25, 0.3) is 0 Å². The van der Waals surface area contributed by atoms with Crippen LogP contribution < -0.4 is 5.32 Å². The molecular weight excluding hydrogens is 238 g/mol. The van der Waals surface area contributed by atoms with Gasteiger partial charge in [-0.1, -0.05) is 17.7 Å². The number of benzene rings is 1. The van der Waals surface area contributed by atoms with Crippen molar-refractivity contribution in [2.24, 2.45) is 0 Å². The Hall–Kier alpha value is -1.04. The molecule has 0 bridgehead atoms. The molecule has 0 saturated heterocycles. The zero-order valence-corrected chi connectivity index (χ0v) is 10.5. The lowest BCUT2D eigenvalue weighted by Crippen LogP contribution is -2.34. The Morgan fingerprint density at radius 2 is 2.06 bits per heavy atom. The molecule has 5 heteroatoms. The van der Waals surface area contributed by atoms with Crippen molar-refractivity contribution < 1.29 is 15.0 Å². The highest BCUT2D eigenvalue weighted by molar-refractivity contribution is 8.00. The van der Waals surface area contributed by atoms with Gasteiger partial charge in [-0.05, 0) is 19.1 Å². The molecule has 1 rings (SSSR count). The normalized spacial score (nSPS) is 12.2. The van der Waals surface area contributed by atoms with Gasteiger partial charge >= 0.3 is 0 Å². The summed E-state index contributed by atoms with van der Waals surface area (Å²) in [7, 11) is 0. The van der Waals surface area contributed by atoms with Crippen LogP contribution in [0.15, 0.2) is 29.2 Å². The summed E-state index contributed by atoms with van der Waals surface area (Å²) in [5.74, 6) is 0.157. The van der Waals surface area contributed by atoms with Crippen LogP contribution in [0.3, 0.4) is 0 Å². The van der Waals surface area contributed by atoms with Crippen LogP contribution in [-0.4, -0.2) is 41.1 Å². The summed E-state index contributed by atoms with van der Waals surface area (Å²) in [4.78, 5) is 12.4. The third kappa shape index (κ3) is 5.72. The van der Waals surface area contributed by atoms with Crippen molar-refractivity contribution in [1.82, 2.24) is 5.32 Å². The summed E-state index contributed by atoms with van der Waals surface area (Å²) in [6.07, 6.45) is -0.886. The van der Waals surface area contributed by atoms with Gasteiger partial charge in [-0.3, -0.25) is 4.79 Å². The summed E-state index contributed by atoms with van der Waals surface area (Å²) < 4.78 is 0. The Balaban J connectivity index is 2.26. The van der Waals surface area contributed by atoms with Crippen LogP contribution in [0.5, 0.6) is 0 Å². The topological polar surface area (TPSA) is 69.6 Å². The van der Waals surface area contributed by atoms with Gasteiger partial charge in [0.25, 0.3) is 0 Å². The largest absolute Gasteiger partial charge is 0.394 e. The van der Waals surface area contributed by atoms with E-state index in [9.17, 15) is 4.79 Å². The molecule has 0 aliphatic carbocycles. The third-order valence-corrected chi connectivity index (χ3v) is 3.15. The summed E-state index contributed by atoms with van der Waals surface area (Å²) in [5.41, 5.74) is 1.19. The van der Waals surface area contributed by atoms with Gasteiger partial charge in [0, 0.05) is 11.4 Å². The molecule has 17 heavy (non-hydrogen) atoms. The number of thioether (sulfide) groups is 1. The van der Waals surface area contributed by atoms with Crippen molar-refractivity contribution in [3.8, 4) is 0 Å². The maximum atomic E-state index is 11.4. The number of carbonyl (C=O) groups is 1. The second-order valence-corrected chi connectivity index (χ2v) is 4.79. The van der Waals surface area contributed by atoms with Gasteiger partial charge in [0.05, 0.1) is 18.5 Å². The van der Waals surface area contributed by atoms with Crippen LogP contribution in [0.2, 0.25) is 0 Å². The zero-order chi connectivity index (χ0) is 12.7. The highest BCUT2D eigenvalue weighted by Crippen LogP contribution is 2.17. The number of hydrogen-bond donors (Lipinski definition) is 3. The van der Waals surface area contributed by atoms with E-state index in [1.807, 2.05) is 31.2 Å². The lowest BCUT2D eigenvalue weighted by Gasteiger charge is -2.08. The highest BCUT2D eigenvalue weighted by Gasteiger charge is 2.06. The standard InChI is InChI=1S/C12H17NO3S/c1-9-2-4-11(5-3-9)17-8-12(16)13-6-10(15)7-14/h2-5,10,14-15H,6-8H2,1H3,(H,13,16). The summed E-state index contributed by atoms with van der Waals surface area (Å²) >= 11 is 1.44. The van der Waals surface area contributed by atoms with E-state index in [0.29, 0.717) is 5.75 Å². The number of nitrogens with one attached hydrogen (secondary N) is 1. The first-order chi connectivity index (χ1) is 8.11. The van der Waals surface area contributed by atoms with Gasteiger partial charge in [-0.15, -0.1) is 11.8 Å². The second-order valence-electron chi connectivity index (χ2n) is 3.74. The number of aliphatic hydroxyl groups excluding tert-OH is 2. The Morgan fingerprint density at radius 1 is 1.41 bits per heavy atom. The van der Waals surface area contributed by atoms with Crippen molar-refractivity contribution in [2.45, 2.75) is 17.9 Å². The van der Waals surface area contributed by atoms with E-state index in [1.54, 1.807) is 0 Å². The molecule has 1 aromatic rings. The van der Waals surface area contributed by atoms with E-state index in [1.165, 1.54) is 17.3 Å². The van der Waals surface area contributed by atoms with Crippen molar-refractivity contribution >= 4 is 17.7 Å². The first kappa shape index (κ1) is 14.0. The molecule has 0 spiro atoms. The second kappa shape index (κ2) is 7.32. The van der Waals surface area contributed by atoms with Gasteiger partial charge in [0.2, 0.25) is 5.91 Å². The molecule has 4 nitrogen and oxygen atoms in total. The molecule has 3 N–H and O–H groups in total. The minimum Gasteiger partial charge on any atom is -0.394 e. The van der Waals surface area contributed by atoms with Gasteiger partial charge in [-0.25, -0.2) is 0 Å². The van der Waals surface area contributed by atoms with Gasteiger partial charge < -0.3 is 15.5 Å². The minimum absolute atomic E-state index is 0.0871. The van der Waals surface area contributed by atoms with Crippen LogP contribution in [0, 0.1) is 6.92 Å². The lowest BCUT2D eigenvalue weighted by atomic mass is 10.2. The van der Waals surface area contributed by atoms with E-state index in [4.69, 9.17) is 10.2 Å². The fraction of sp³-hybridized carbons (Fsp3) is 0.417. The molecule has 0 aliphatic rings. The number of aliphatic hydroxyl groups is 2. The lowest BCUT2D eigenvalue weighted by molar-refractivity contribution is -0.119. The quantitative estimate of drug-likeness (QED) is 0.650. The van der Waals surface area contributed by atoms with Crippen LogP contribution in [0.4, 0.5) is 0 Å². The minimum atomic E-state index is -0.886. The van der Waals surface area contributed by atoms with Crippen LogP contribution in [0.1, 0.15) is 5.56 Å². The predicted molar refractivity (Wildman–Crippen MR) is 68.0 cm³/mol. The summed E-state index contributed by atoms with van der Waals surface area (Å²) in [5, 5.41) is 20.2. The monoisotopic (exact) mass is 255 g/mol. The van der Waals surface area contributed by atoms with E-state index in [2.05, 4.69) is 5.32 Å². The van der Waals surface area contributed by atoms with E-state index in [-0.39, 0.29) is 19.1 Å². The Kier molecular flexibility index (Phi) is 6.04. The van der Waals surface area contributed by atoms with E-state index in [0.717, 1.165) is 4.90 Å². The zero-order valence-electron chi connectivity index (χ0n) is 9.72. The number of rotatable bonds is 6. The van der Waals surface area contributed by atoms with Crippen LogP contribution in [-0.2, 0) is 4.79 Å². The average Bonchev–Trinajstić information content (AvgIpc) is 2.35. The Labute approximate surface area is 105 Å². The number of aryl methyl sites for hydroxylation is 1. The van der Waals surface area contributed by atoms with Crippen molar-refractivity contribution in [3.63, 3.8) is 0 Å². The fourth-order valence-electron chi connectivity index (χ4n) is 1.13. The maximum absolute atomic E-state index is 11.4. The molecule has 0 heterocycles. The molecular formula is C12H17NO3S. The molecule has 0 saturated carbocycles. The molecule has 1 atom stereocenters. The van der Waals surface area contributed by atoms with Crippen LogP contribution >= 0.6 is 11.8 Å². The molecule has 0 fully saturated rings. The number of carbonyl (C=O) groups excluding carboxylic acids is 1. The van der Waals surface area contributed by atoms with Crippen molar-refractivity contribution in [2.75, 3.05) is 18.9 Å². The average molecular weight is 255 g/mol. The van der Waals surface area contributed by atoms with Gasteiger partial charge in [0.15, 0.2) is 0 Å². The Morgan fingerprint density at radius 3 is 2.65 bits per heavy atom. The maximum Gasteiger partial charge on any atom is 0.230 e. The highest BCUT2D eigenvalue weighted by atomic mass is 32.2. The van der Waals surface area contributed by atoms with Gasteiger partial charge in [0.1, 0.15) is 0 Å². The molecule has 0 radical (unpaired) electrons. The number of hydrogen-bond acceptors (Lipinski definition) is 4. The first-order valence-electron chi connectivity index (χ1n) is 5.37. The fourth-order valence-corrected chi connectivity index (χ4v) is 1.86. The molecule has 1 amide bonds. The Bertz CT molecular complexity index is 353. The molecule has 1 aromatic carbocycles. The number of amides is 1. The third-order valence-electron chi connectivity index (χ3n) is 2.14. The predicted octanol–water partition coefficient (Wildman–Crippen LogP) is 0.557. The molecule has 0 aromatic heterocycles. The van der Waals surface area contributed by atoms with E-state index >= 15 is 0 Å². The van der Waals surface area contributed by atoms with Gasteiger partial charge in [-0.2, -0.15) is 0 Å².